The van der Waals surface area contributed by atoms with E-state index < -0.39 is 0 Å². The van der Waals surface area contributed by atoms with Crippen LogP contribution in [-0.2, 0) is 13.0 Å². The predicted molar refractivity (Wildman–Crippen MR) is 121 cm³/mol. The van der Waals surface area contributed by atoms with Crippen molar-refractivity contribution in [1.29, 1.82) is 0 Å². The van der Waals surface area contributed by atoms with Crippen LogP contribution in [0, 0.1) is 0 Å². The minimum absolute atomic E-state index is 0.0741. The van der Waals surface area contributed by atoms with Crippen molar-refractivity contribution >= 4 is 11.0 Å². The summed E-state index contributed by atoms with van der Waals surface area (Å²) in [7, 11) is 1.60. The fraction of sp³-hybridized carbons (Fsp3) is 0.192. The van der Waals surface area contributed by atoms with E-state index in [1.807, 2.05) is 36.4 Å². The van der Waals surface area contributed by atoms with Crippen LogP contribution in [0.15, 0.2) is 82.2 Å². The number of methoxy groups -OCH3 is 1. The van der Waals surface area contributed by atoms with Gasteiger partial charge in [-0.15, -0.1) is 0 Å². The molecule has 2 heterocycles. The van der Waals surface area contributed by atoms with Gasteiger partial charge in [0.15, 0.2) is 0 Å². The van der Waals surface area contributed by atoms with E-state index in [9.17, 15) is 4.79 Å². The van der Waals surface area contributed by atoms with Gasteiger partial charge in [0.2, 0.25) is 5.43 Å². The molecule has 1 aliphatic heterocycles. The second-order valence-electron chi connectivity index (χ2n) is 7.66. The Morgan fingerprint density at radius 2 is 1.77 bits per heavy atom. The van der Waals surface area contributed by atoms with Crippen molar-refractivity contribution in [3.05, 3.63) is 94.3 Å². The molecule has 0 bridgehead atoms. The van der Waals surface area contributed by atoms with Crippen LogP contribution >= 0.6 is 0 Å². The highest BCUT2D eigenvalue weighted by Crippen LogP contribution is 2.34. The SMILES string of the molecule is COc1ccccc1-c1coc2c3c(ccc2c1=O)OCN(CCc1ccccc1)C3. The summed E-state index contributed by atoms with van der Waals surface area (Å²) in [5.41, 5.74) is 3.93. The molecular weight excluding hydrogens is 390 g/mol. The van der Waals surface area contributed by atoms with Crippen LogP contribution < -0.4 is 14.9 Å². The highest BCUT2D eigenvalue weighted by molar-refractivity contribution is 5.86. The molecule has 0 saturated carbocycles. The summed E-state index contributed by atoms with van der Waals surface area (Å²) in [6.07, 6.45) is 2.47. The molecule has 31 heavy (non-hydrogen) atoms. The summed E-state index contributed by atoms with van der Waals surface area (Å²) in [5.74, 6) is 1.42. The van der Waals surface area contributed by atoms with E-state index >= 15 is 0 Å². The van der Waals surface area contributed by atoms with Crippen LogP contribution in [0.25, 0.3) is 22.1 Å². The van der Waals surface area contributed by atoms with Gasteiger partial charge in [-0.05, 0) is 30.2 Å². The van der Waals surface area contributed by atoms with E-state index in [1.165, 1.54) is 11.8 Å². The minimum Gasteiger partial charge on any atom is -0.496 e. The van der Waals surface area contributed by atoms with Crippen molar-refractivity contribution in [2.45, 2.75) is 13.0 Å². The summed E-state index contributed by atoms with van der Waals surface area (Å²) in [4.78, 5) is 15.5. The lowest BCUT2D eigenvalue weighted by Crippen LogP contribution is -2.33. The first-order chi connectivity index (χ1) is 15.2. The number of fused-ring (bicyclic) bond motifs is 3. The Hall–Kier alpha value is -3.57. The van der Waals surface area contributed by atoms with Gasteiger partial charge < -0.3 is 13.9 Å². The normalized spacial score (nSPS) is 13.6. The van der Waals surface area contributed by atoms with Crippen molar-refractivity contribution < 1.29 is 13.9 Å². The molecule has 5 rings (SSSR count). The number of hydrogen-bond donors (Lipinski definition) is 0. The van der Waals surface area contributed by atoms with Crippen LogP contribution in [0.1, 0.15) is 11.1 Å². The summed E-state index contributed by atoms with van der Waals surface area (Å²) in [5, 5.41) is 0.552. The molecule has 0 spiro atoms. The Labute approximate surface area is 180 Å². The maximum Gasteiger partial charge on any atom is 0.200 e. The summed E-state index contributed by atoms with van der Waals surface area (Å²) < 4.78 is 17.4. The molecule has 0 unspecified atom stereocenters. The number of benzene rings is 3. The Morgan fingerprint density at radius 1 is 0.968 bits per heavy atom. The van der Waals surface area contributed by atoms with Crippen LogP contribution in [0.5, 0.6) is 11.5 Å². The van der Waals surface area contributed by atoms with E-state index in [2.05, 4.69) is 29.2 Å². The number of para-hydroxylation sites is 1. The molecule has 0 saturated heterocycles. The number of hydrogen-bond acceptors (Lipinski definition) is 5. The first kappa shape index (κ1) is 19.4. The van der Waals surface area contributed by atoms with Gasteiger partial charge in [-0.25, -0.2) is 0 Å². The monoisotopic (exact) mass is 413 g/mol. The zero-order valence-electron chi connectivity index (χ0n) is 17.3. The lowest BCUT2D eigenvalue weighted by Gasteiger charge is -2.29. The Bertz CT molecular complexity index is 1280. The number of ether oxygens (including phenoxy) is 2. The van der Waals surface area contributed by atoms with Crippen LogP contribution in [0.3, 0.4) is 0 Å². The van der Waals surface area contributed by atoms with Gasteiger partial charge >= 0.3 is 0 Å². The molecule has 156 valence electrons. The Kier molecular flexibility index (Phi) is 5.18. The third kappa shape index (κ3) is 3.68. The van der Waals surface area contributed by atoms with Crippen molar-refractivity contribution in [1.82, 2.24) is 4.90 Å². The first-order valence-corrected chi connectivity index (χ1v) is 10.3. The molecule has 0 radical (unpaired) electrons. The predicted octanol–water partition coefficient (Wildman–Crippen LogP) is 4.86. The van der Waals surface area contributed by atoms with Crippen molar-refractivity contribution in [2.24, 2.45) is 0 Å². The number of nitrogens with zero attached hydrogens (tertiary/aromatic N) is 1. The summed E-state index contributed by atoms with van der Waals surface area (Å²) in [6, 6.07) is 21.5. The standard InChI is InChI=1S/C26H23NO4/c1-29-23-10-6-5-9-19(23)22-16-30-26-20(25(22)28)11-12-24-21(26)15-27(17-31-24)14-13-18-7-3-2-4-8-18/h2-12,16H,13-15,17H2,1H3. The highest BCUT2D eigenvalue weighted by Gasteiger charge is 2.23. The van der Waals surface area contributed by atoms with E-state index in [-0.39, 0.29) is 5.43 Å². The molecule has 1 aliphatic rings. The van der Waals surface area contributed by atoms with E-state index in [0.717, 1.165) is 29.8 Å². The Balaban J connectivity index is 1.48. The molecule has 3 aromatic carbocycles. The summed E-state index contributed by atoms with van der Waals surface area (Å²) >= 11 is 0. The van der Waals surface area contributed by atoms with Gasteiger partial charge in [0.25, 0.3) is 0 Å². The maximum atomic E-state index is 13.3. The van der Waals surface area contributed by atoms with Gasteiger partial charge in [0, 0.05) is 18.7 Å². The van der Waals surface area contributed by atoms with Gasteiger partial charge in [-0.2, -0.15) is 0 Å². The smallest absolute Gasteiger partial charge is 0.200 e. The lowest BCUT2D eigenvalue weighted by molar-refractivity contribution is 0.0968. The third-order valence-corrected chi connectivity index (χ3v) is 5.74. The second-order valence-corrected chi connectivity index (χ2v) is 7.66. The topological polar surface area (TPSA) is 51.9 Å². The van der Waals surface area contributed by atoms with Gasteiger partial charge in [-0.1, -0.05) is 48.5 Å². The molecule has 0 N–H and O–H groups in total. The van der Waals surface area contributed by atoms with Crippen molar-refractivity contribution in [3.8, 4) is 22.6 Å². The minimum atomic E-state index is -0.0741. The average Bonchev–Trinajstić information content (AvgIpc) is 2.83. The molecule has 0 amide bonds. The van der Waals surface area contributed by atoms with Crippen LogP contribution in [-0.4, -0.2) is 25.3 Å². The quantitative estimate of drug-likeness (QED) is 0.468. The second kappa shape index (κ2) is 8.28. The van der Waals surface area contributed by atoms with Crippen LogP contribution in [0.2, 0.25) is 0 Å². The fourth-order valence-electron chi connectivity index (χ4n) is 4.08. The van der Waals surface area contributed by atoms with Gasteiger partial charge in [-0.3, -0.25) is 9.69 Å². The van der Waals surface area contributed by atoms with Gasteiger partial charge in [0.05, 0.1) is 23.6 Å². The average molecular weight is 413 g/mol. The van der Waals surface area contributed by atoms with Gasteiger partial charge in [0.1, 0.15) is 30.1 Å². The molecular formula is C26H23NO4. The van der Waals surface area contributed by atoms with E-state index in [1.54, 1.807) is 13.2 Å². The molecule has 0 fully saturated rings. The fourth-order valence-corrected chi connectivity index (χ4v) is 4.08. The molecule has 1 aromatic heterocycles. The van der Waals surface area contributed by atoms with E-state index in [0.29, 0.717) is 35.6 Å². The molecule has 0 atom stereocenters. The van der Waals surface area contributed by atoms with E-state index in [4.69, 9.17) is 13.9 Å². The summed E-state index contributed by atoms with van der Waals surface area (Å²) in [6.45, 7) is 2.06. The highest BCUT2D eigenvalue weighted by atomic mass is 16.5. The largest absolute Gasteiger partial charge is 0.496 e. The van der Waals surface area contributed by atoms with Crippen molar-refractivity contribution in [2.75, 3.05) is 20.4 Å². The molecule has 0 aliphatic carbocycles. The zero-order chi connectivity index (χ0) is 21.2. The lowest BCUT2D eigenvalue weighted by atomic mass is 10.0. The molecule has 5 nitrogen and oxygen atoms in total. The molecule has 4 aromatic rings. The first-order valence-electron chi connectivity index (χ1n) is 10.3. The van der Waals surface area contributed by atoms with Crippen molar-refractivity contribution in [3.63, 3.8) is 0 Å². The third-order valence-electron chi connectivity index (χ3n) is 5.74. The maximum absolute atomic E-state index is 13.3. The zero-order valence-corrected chi connectivity index (χ0v) is 17.3. The molecule has 5 heteroatoms. The Morgan fingerprint density at radius 3 is 2.61 bits per heavy atom. The number of rotatable bonds is 5. The van der Waals surface area contributed by atoms with Crippen LogP contribution in [0.4, 0.5) is 0 Å².